The largest absolute Gasteiger partial charge is 0.339 e. The van der Waals surface area contributed by atoms with Crippen LogP contribution in [0.4, 0.5) is 15.9 Å². The topological polar surface area (TPSA) is 54.9 Å². The SMILES string of the molecule is O=Cc1c(Cl)ncnc1Nc1ccc(Br)c(F)c1. The Morgan fingerprint density at radius 1 is 1.39 bits per heavy atom. The highest BCUT2D eigenvalue weighted by Gasteiger charge is 2.09. The summed E-state index contributed by atoms with van der Waals surface area (Å²) in [5, 5.41) is 2.85. The van der Waals surface area contributed by atoms with Gasteiger partial charge >= 0.3 is 0 Å². The highest BCUT2D eigenvalue weighted by molar-refractivity contribution is 9.10. The molecule has 1 aromatic carbocycles. The van der Waals surface area contributed by atoms with E-state index in [0.29, 0.717) is 16.4 Å². The Morgan fingerprint density at radius 3 is 2.83 bits per heavy atom. The normalized spacial score (nSPS) is 10.2. The number of anilines is 2. The molecule has 0 amide bonds. The molecule has 4 nitrogen and oxygen atoms in total. The molecule has 0 unspecified atom stereocenters. The van der Waals surface area contributed by atoms with Gasteiger partial charge < -0.3 is 5.32 Å². The Bertz CT molecular complexity index is 609. The lowest BCUT2D eigenvalue weighted by Crippen LogP contribution is -2.00. The van der Waals surface area contributed by atoms with E-state index < -0.39 is 5.82 Å². The Morgan fingerprint density at radius 2 is 2.17 bits per heavy atom. The van der Waals surface area contributed by atoms with Gasteiger partial charge in [0.2, 0.25) is 0 Å². The second-order valence-electron chi connectivity index (χ2n) is 3.30. The molecule has 0 fully saturated rings. The predicted molar refractivity (Wildman–Crippen MR) is 69.8 cm³/mol. The Labute approximate surface area is 115 Å². The van der Waals surface area contributed by atoms with Crippen LogP contribution >= 0.6 is 27.5 Å². The minimum atomic E-state index is -0.423. The molecule has 2 rings (SSSR count). The van der Waals surface area contributed by atoms with Gasteiger partial charge in [-0.05, 0) is 34.1 Å². The minimum Gasteiger partial charge on any atom is -0.339 e. The van der Waals surface area contributed by atoms with Gasteiger partial charge in [0.05, 0.1) is 10.0 Å². The fraction of sp³-hybridized carbons (Fsp3) is 0. The van der Waals surface area contributed by atoms with Gasteiger partial charge in [-0.15, -0.1) is 0 Å². The summed E-state index contributed by atoms with van der Waals surface area (Å²) in [6.07, 6.45) is 1.76. The molecule has 0 aliphatic carbocycles. The molecule has 1 N–H and O–H groups in total. The van der Waals surface area contributed by atoms with Crippen molar-refractivity contribution in [3.63, 3.8) is 0 Å². The van der Waals surface area contributed by atoms with Crippen LogP contribution in [0.15, 0.2) is 29.0 Å². The van der Waals surface area contributed by atoms with Gasteiger partial charge in [-0.2, -0.15) is 0 Å². The Kier molecular flexibility index (Phi) is 3.88. The van der Waals surface area contributed by atoms with Gasteiger partial charge in [-0.25, -0.2) is 14.4 Å². The van der Waals surface area contributed by atoms with Crippen molar-refractivity contribution in [3.05, 3.63) is 45.5 Å². The van der Waals surface area contributed by atoms with E-state index in [-0.39, 0.29) is 16.5 Å². The molecule has 0 aliphatic heterocycles. The summed E-state index contributed by atoms with van der Waals surface area (Å²) in [5.74, 6) is -0.195. The molecule has 0 saturated carbocycles. The zero-order valence-electron chi connectivity index (χ0n) is 8.82. The van der Waals surface area contributed by atoms with Crippen molar-refractivity contribution in [2.75, 3.05) is 5.32 Å². The van der Waals surface area contributed by atoms with Crippen LogP contribution in [-0.2, 0) is 0 Å². The molecule has 0 saturated heterocycles. The molecular weight excluding hydrogens is 324 g/mol. The van der Waals surface area contributed by atoms with E-state index in [9.17, 15) is 9.18 Å². The van der Waals surface area contributed by atoms with Crippen LogP contribution < -0.4 is 5.32 Å². The van der Waals surface area contributed by atoms with Gasteiger partial charge in [0.1, 0.15) is 23.1 Å². The van der Waals surface area contributed by atoms with Crippen LogP contribution in [0.25, 0.3) is 0 Å². The number of rotatable bonds is 3. The third-order valence-electron chi connectivity index (χ3n) is 2.14. The molecule has 18 heavy (non-hydrogen) atoms. The summed E-state index contributed by atoms with van der Waals surface area (Å²) in [4.78, 5) is 18.4. The first kappa shape index (κ1) is 12.9. The van der Waals surface area contributed by atoms with E-state index in [1.54, 1.807) is 12.1 Å². The standard InChI is InChI=1S/C11H6BrClFN3O/c12-8-2-1-6(3-9(8)14)17-11-7(4-18)10(13)15-5-16-11/h1-5H,(H,15,16,17). The third-order valence-corrected chi connectivity index (χ3v) is 3.08. The minimum absolute atomic E-state index is 0.0417. The smallest absolute Gasteiger partial charge is 0.156 e. The molecule has 1 aromatic heterocycles. The van der Waals surface area contributed by atoms with Crippen molar-refractivity contribution in [2.45, 2.75) is 0 Å². The molecule has 2 aromatic rings. The van der Waals surface area contributed by atoms with Crippen LogP contribution in [0.5, 0.6) is 0 Å². The molecule has 92 valence electrons. The van der Waals surface area contributed by atoms with E-state index in [2.05, 4.69) is 31.2 Å². The number of benzene rings is 1. The Hall–Kier alpha value is -1.53. The summed E-state index contributed by atoms with van der Waals surface area (Å²) in [5.41, 5.74) is 0.580. The van der Waals surface area contributed by atoms with Crippen LogP contribution in [0.3, 0.4) is 0 Å². The molecule has 1 heterocycles. The first-order valence-corrected chi connectivity index (χ1v) is 5.96. The van der Waals surface area contributed by atoms with Crippen molar-refractivity contribution >= 4 is 45.3 Å². The maximum atomic E-state index is 13.3. The summed E-state index contributed by atoms with van der Waals surface area (Å²) in [6.45, 7) is 0. The van der Waals surface area contributed by atoms with Gasteiger partial charge in [-0.1, -0.05) is 11.6 Å². The average Bonchev–Trinajstić information content (AvgIpc) is 2.34. The second kappa shape index (κ2) is 5.41. The molecule has 0 aliphatic rings. The van der Waals surface area contributed by atoms with Gasteiger partial charge in [-0.3, -0.25) is 4.79 Å². The highest BCUT2D eigenvalue weighted by Crippen LogP contribution is 2.24. The van der Waals surface area contributed by atoms with E-state index in [1.165, 1.54) is 12.4 Å². The number of carbonyl (C=O) groups is 1. The number of nitrogens with one attached hydrogen (secondary N) is 1. The lowest BCUT2D eigenvalue weighted by molar-refractivity contribution is 0.112. The number of halogens is 3. The van der Waals surface area contributed by atoms with E-state index in [4.69, 9.17) is 11.6 Å². The fourth-order valence-corrected chi connectivity index (χ4v) is 1.71. The van der Waals surface area contributed by atoms with E-state index in [1.807, 2.05) is 0 Å². The maximum Gasteiger partial charge on any atom is 0.156 e. The third kappa shape index (κ3) is 2.65. The van der Waals surface area contributed by atoms with Crippen molar-refractivity contribution in [2.24, 2.45) is 0 Å². The van der Waals surface area contributed by atoms with Gasteiger partial charge in [0.15, 0.2) is 6.29 Å². The van der Waals surface area contributed by atoms with Crippen molar-refractivity contribution in [3.8, 4) is 0 Å². The van der Waals surface area contributed by atoms with Crippen molar-refractivity contribution in [1.29, 1.82) is 0 Å². The number of aldehydes is 1. The predicted octanol–water partition coefficient (Wildman–Crippen LogP) is 3.59. The maximum absolute atomic E-state index is 13.3. The van der Waals surface area contributed by atoms with Crippen LogP contribution in [-0.4, -0.2) is 16.3 Å². The Balaban J connectivity index is 2.36. The summed E-state index contributed by atoms with van der Waals surface area (Å²) in [7, 11) is 0. The molecule has 0 spiro atoms. The zero-order chi connectivity index (χ0) is 13.1. The molecule has 0 radical (unpaired) electrons. The lowest BCUT2D eigenvalue weighted by Gasteiger charge is -2.08. The first-order valence-electron chi connectivity index (χ1n) is 4.79. The van der Waals surface area contributed by atoms with Crippen molar-refractivity contribution in [1.82, 2.24) is 9.97 Å². The molecule has 7 heteroatoms. The second-order valence-corrected chi connectivity index (χ2v) is 4.51. The number of aromatic nitrogens is 2. The van der Waals surface area contributed by atoms with Gasteiger partial charge in [0, 0.05) is 5.69 Å². The monoisotopic (exact) mass is 329 g/mol. The fourth-order valence-electron chi connectivity index (χ4n) is 1.29. The average molecular weight is 331 g/mol. The molecular formula is C11H6BrClFN3O. The van der Waals surface area contributed by atoms with Crippen LogP contribution in [0, 0.1) is 5.82 Å². The highest BCUT2D eigenvalue weighted by atomic mass is 79.9. The van der Waals surface area contributed by atoms with E-state index in [0.717, 1.165) is 0 Å². The summed E-state index contributed by atoms with van der Waals surface area (Å²) >= 11 is 8.80. The number of hydrogen-bond acceptors (Lipinski definition) is 4. The summed E-state index contributed by atoms with van der Waals surface area (Å²) < 4.78 is 13.7. The molecule has 0 bridgehead atoms. The van der Waals surface area contributed by atoms with Crippen molar-refractivity contribution < 1.29 is 9.18 Å². The van der Waals surface area contributed by atoms with Gasteiger partial charge in [0.25, 0.3) is 0 Å². The molecule has 0 atom stereocenters. The number of nitrogens with zero attached hydrogens (tertiary/aromatic N) is 2. The first-order chi connectivity index (χ1) is 8.61. The van der Waals surface area contributed by atoms with E-state index >= 15 is 0 Å². The summed E-state index contributed by atoms with van der Waals surface area (Å²) in [6, 6.07) is 4.45. The number of carbonyl (C=O) groups excluding carboxylic acids is 1. The van der Waals surface area contributed by atoms with Crippen LogP contribution in [0.1, 0.15) is 10.4 Å². The lowest BCUT2D eigenvalue weighted by atomic mass is 10.3. The quantitative estimate of drug-likeness (QED) is 0.690. The zero-order valence-corrected chi connectivity index (χ0v) is 11.2. The van der Waals surface area contributed by atoms with Crippen LogP contribution in [0.2, 0.25) is 5.15 Å². The number of hydrogen-bond donors (Lipinski definition) is 1.